The van der Waals surface area contributed by atoms with Crippen molar-refractivity contribution >= 4 is 21.5 Å². The highest BCUT2D eigenvalue weighted by molar-refractivity contribution is 6.13. The number of fused-ring (bicyclic) bond motifs is 25. The molecule has 0 spiro atoms. The second-order valence-corrected chi connectivity index (χ2v) is 44.5. The molecule has 0 saturated heterocycles. The van der Waals surface area contributed by atoms with E-state index in [1.54, 1.807) is 11.1 Å². The molecule has 16 aromatic rings. The molecule has 7 aliphatic rings. The van der Waals surface area contributed by atoms with Crippen LogP contribution in [-0.2, 0) is 37.9 Å². The minimum absolute atomic E-state index is 0.0508. The molecule has 0 aliphatic heterocycles. The van der Waals surface area contributed by atoms with Crippen molar-refractivity contribution in [3.8, 4) is 145 Å². The largest absolute Gasteiger partial charge is 0.0654 e. The monoisotopic (exact) mass is 1710 g/mol. The van der Waals surface area contributed by atoms with Crippen LogP contribution in [-0.4, -0.2) is 0 Å². The van der Waals surface area contributed by atoms with Crippen molar-refractivity contribution in [2.75, 3.05) is 0 Å². The molecule has 0 bridgehead atoms. The topological polar surface area (TPSA) is 0 Å². The minimum Gasteiger partial charge on any atom is -0.0654 e. The van der Waals surface area contributed by atoms with Crippen molar-refractivity contribution in [1.29, 1.82) is 0 Å². The Kier molecular flexibility index (Phi) is 19.5. The predicted molar refractivity (Wildman–Crippen MR) is 565 cm³/mol. The van der Waals surface area contributed by atoms with E-state index in [4.69, 9.17) is 0 Å². The third-order valence-electron chi connectivity index (χ3n) is 34.6. The second kappa shape index (κ2) is 30.5. The van der Waals surface area contributed by atoms with Crippen molar-refractivity contribution in [1.82, 2.24) is 0 Å². The van der Waals surface area contributed by atoms with E-state index in [2.05, 4.69) is 392 Å². The van der Waals surface area contributed by atoms with E-state index in [9.17, 15) is 0 Å². The third-order valence-corrected chi connectivity index (χ3v) is 34.6. The molecule has 0 heterocycles. The molecule has 7 aliphatic carbocycles. The van der Waals surface area contributed by atoms with Gasteiger partial charge in [0.05, 0.1) is 0 Å². The Labute approximate surface area is 786 Å². The Hall–Kier alpha value is -12.0. The van der Waals surface area contributed by atoms with Crippen LogP contribution >= 0.6 is 0 Å². The normalized spacial score (nSPS) is 16.1. The highest BCUT2D eigenvalue weighted by Gasteiger charge is 2.50. The molecule has 23 rings (SSSR count). The molecule has 0 nitrogen and oxygen atoms in total. The van der Waals surface area contributed by atoms with Gasteiger partial charge in [-0.25, -0.2) is 0 Å². The van der Waals surface area contributed by atoms with Crippen LogP contribution in [0.3, 0.4) is 0 Å². The molecule has 16 aromatic carbocycles. The summed E-state index contributed by atoms with van der Waals surface area (Å²) in [7, 11) is 0. The fourth-order valence-electron chi connectivity index (χ4n) is 27.4. The number of hydrogen-bond acceptors (Lipinski definition) is 0. The number of aryl methyl sites for hydroxylation is 4. The van der Waals surface area contributed by atoms with Crippen LogP contribution in [0.5, 0.6) is 0 Å². The Bertz CT molecular complexity index is 7120. The van der Waals surface area contributed by atoms with Crippen molar-refractivity contribution in [3.63, 3.8) is 0 Å². The molecular weight excluding hydrogens is 1590 g/mol. The van der Waals surface area contributed by atoms with Crippen LogP contribution in [0.2, 0.25) is 0 Å². The first kappa shape index (κ1) is 84.3. The average molecular weight is 1710 g/mol. The van der Waals surface area contributed by atoms with Crippen molar-refractivity contribution in [3.05, 3.63) is 367 Å². The molecule has 0 unspecified atom stereocenters. The van der Waals surface area contributed by atoms with E-state index in [0.29, 0.717) is 0 Å². The van der Waals surface area contributed by atoms with Gasteiger partial charge in [-0.05, 0) is 380 Å². The second-order valence-electron chi connectivity index (χ2n) is 44.5. The number of hydrogen-bond donors (Lipinski definition) is 0. The van der Waals surface area contributed by atoms with Crippen molar-refractivity contribution in [2.45, 2.75) is 259 Å². The van der Waals surface area contributed by atoms with Crippen LogP contribution in [0, 0.1) is 27.7 Å². The zero-order valence-electron chi connectivity index (χ0n) is 81.5. The van der Waals surface area contributed by atoms with Gasteiger partial charge in [0, 0.05) is 37.9 Å². The number of unbranched alkanes of at least 4 members (excludes halogenated alkanes) is 11. The summed E-state index contributed by atoms with van der Waals surface area (Å²) in [5.41, 5.74) is 59.7. The summed E-state index contributed by atoms with van der Waals surface area (Å²) in [5.74, 6) is 0. The summed E-state index contributed by atoms with van der Waals surface area (Å²) in [6, 6.07) is 107. The van der Waals surface area contributed by atoms with Gasteiger partial charge in [0.15, 0.2) is 0 Å². The maximum atomic E-state index is 2.83. The maximum absolute atomic E-state index is 2.83. The molecule has 0 N–H and O–H groups in total. The first-order valence-corrected chi connectivity index (χ1v) is 50.4. The molecule has 0 aromatic heterocycles. The summed E-state index contributed by atoms with van der Waals surface area (Å²) >= 11 is 0. The number of rotatable bonds is 21. The maximum Gasteiger partial charge on any atom is 0.0215 e. The highest BCUT2D eigenvalue weighted by atomic mass is 14.5. The fraction of sp³-hybridized carbons (Fsp3) is 0.303. The van der Waals surface area contributed by atoms with Gasteiger partial charge in [0.2, 0.25) is 0 Å². The summed E-state index contributed by atoms with van der Waals surface area (Å²) < 4.78 is 0. The molecule has 0 atom stereocenters. The molecule has 0 saturated carbocycles. The summed E-state index contributed by atoms with van der Waals surface area (Å²) in [5, 5.41) is 5.42. The molecule has 0 fully saturated rings. The summed E-state index contributed by atoms with van der Waals surface area (Å²) in [4.78, 5) is 0. The van der Waals surface area contributed by atoms with Crippen molar-refractivity contribution < 1.29 is 0 Å². The lowest BCUT2D eigenvalue weighted by Crippen LogP contribution is -2.26. The van der Waals surface area contributed by atoms with Gasteiger partial charge in [0.1, 0.15) is 0 Å². The number of benzene rings is 16. The van der Waals surface area contributed by atoms with Crippen LogP contribution in [0.4, 0.5) is 0 Å². The molecule has 0 radical (unpaired) electrons. The van der Waals surface area contributed by atoms with Crippen molar-refractivity contribution in [2.24, 2.45) is 0 Å². The van der Waals surface area contributed by atoms with E-state index in [1.807, 2.05) is 0 Å². The zero-order chi connectivity index (χ0) is 90.9. The summed E-state index contributed by atoms with van der Waals surface area (Å²) in [6.07, 6.45) is 19.1. The first-order chi connectivity index (χ1) is 63.5. The Morgan fingerprint density at radius 1 is 0.167 bits per heavy atom. The van der Waals surface area contributed by atoms with Crippen LogP contribution in [0.1, 0.15) is 293 Å². The van der Waals surface area contributed by atoms with E-state index in [0.717, 1.165) is 12.8 Å². The zero-order valence-corrected chi connectivity index (χ0v) is 81.5. The van der Waals surface area contributed by atoms with Gasteiger partial charge >= 0.3 is 0 Å². The van der Waals surface area contributed by atoms with E-state index in [1.165, 1.54) is 339 Å². The average Bonchev–Trinajstić information content (AvgIpc) is 1.51. The van der Waals surface area contributed by atoms with E-state index < -0.39 is 0 Å². The molecule has 132 heavy (non-hydrogen) atoms. The van der Waals surface area contributed by atoms with Crippen LogP contribution in [0.25, 0.3) is 166 Å². The molecule has 656 valence electrons. The summed E-state index contributed by atoms with van der Waals surface area (Å²) in [6.45, 7) is 43.8. The first-order valence-electron chi connectivity index (χ1n) is 50.4. The molecular formula is C132H128. The van der Waals surface area contributed by atoms with Crippen LogP contribution < -0.4 is 0 Å². The van der Waals surface area contributed by atoms with Gasteiger partial charge < -0.3 is 0 Å². The van der Waals surface area contributed by atoms with Gasteiger partial charge in [-0.2, -0.15) is 0 Å². The quantitative estimate of drug-likeness (QED) is 0.0629. The van der Waals surface area contributed by atoms with Gasteiger partial charge in [0.25, 0.3) is 0 Å². The molecule has 0 amide bonds. The third kappa shape index (κ3) is 12.4. The van der Waals surface area contributed by atoms with Gasteiger partial charge in [-0.15, -0.1) is 0 Å². The van der Waals surface area contributed by atoms with Gasteiger partial charge in [-0.3, -0.25) is 0 Å². The minimum atomic E-state index is -0.286. The Balaban J connectivity index is 0.592. The molecule has 0 heteroatoms. The Morgan fingerprint density at radius 3 is 0.720 bits per heavy atom. The standard InChI is InChI=1S/C132H128/c1-19-21-23-25-27-29-39-61-132(60-38-28-26-24-22-20-2)118-76-106-116(130(15,16)120-74-104(90-40-30-32-44-100(90)124(106)120)122-78(3)62-88(63-79(122)4)86-52-58-98-96-56-50-84(68-112(96)128(11,12)114(98)70-86)82-48-54-94-92-42-34-36-46-108(92)126(7,8)110(94)66-82)72-102(118)103-73-117-107(77-119(103)132)125-101-45-33-31-41-91(101)105(75-121(125)131(117,17)18)123-80(5)64-89(65-81(123)6)87-53-59-99-97-57-51-85(69-113(97)129(13,14)115(99)71-87)83-49-55-95-93-43-35-37-47-109(93)127(9,10)111(95)67-83/h30-37,40-59,62-77H,19-29,38-39,60-61H2,1-18H3. The van der Waals surface area contributed by atoms with Crippen LogP contribution in [0.15, 0.2) is 267 Å². The Morgan fingerprint density at radius 2 is 0.402 bits per heavy atom. The van der Waals surface area contributed by atoms with E-state index in [-0.39, 0.29) is 37.9 Å². The van der Waals surface area contributed by atoms with Gasteiger partial charge in [-0.1, -0.05) is 375 Å². The highest BCUT2D eigenvalue weighted by Crippen LogP contribution is 2.66. The van der Waals surface area contributed by atoms with E-state index >= 15 is 0 Å². The smallest absolute Gasteiger partial charge is 0.0215 e. The fourth-order valence-corrected chi connectivity index (χ4v) is 27.4. The SMILES string of the molecule is CCCCCCCCCC1(CCCCCCCC)c2cc3c(cc2-c2cc4c(cc21)-c1c(cc(-c2c(C)cc(-c5ccc6c(c5)C(C)(C)c5cc(-c7ccc8c(c7)C(C)(C)c7ccccc7-8)ccc5-6)cc2C)c2ccccc12)C4(C)C)C(C)(C)c1cc(-c2c(C)cc(-c4ccc5c(c4)C(C)(C)c4cc(-c6ccc7c(c6)C(C)(C)c6ccccc6-7)ccc4-5)cc2C)c2ccccc2c1-3. The lowest BCUT2D eigenvalue weighted by Gasteiger charge is -2.34. The lowest BCUT2D eigenvalue weighted by molar-refractivity contribution is 0.397. The lowest BCUT2D eigenvalue weighted by atomic mass is 9.69. The predicted octanol–water partition coefficient (Wildman–Crippen LogP) is 37.2.